The van der Waals surface area contributed by atoms with Gasteiger partial charge in [-0.2, -0.15) is 13.2 Å². The van der Waals surface area contributed by atoms with Crippen LogP contribution < -0.4 is 10.1 Å². The lowest BCUT2D eigenvalue weighted by Crippen LogP contribution is -2.11. The highest BCUT2D eigenvalue weighted by Gasteiger charge is 2.25. The monoisotopic (exact) mass is 306 g/mol. The van der Waals surface area contributed by atoms with Crippen molar-refractivity contribution in [3.63, 3.8) is 0 Å². The zero-order valence-electron chi connectivity index (χ0n) is 11.7. The molecule has 1 aromatic rings. The van der Waals surface area contributed by atoms with Crippen LogP contribution in [0, 0.1) is 10.1 Å². The summed E-state index contributed by atoms with van der Waals surface area (Å²) >= 11 is 0. The number of nitro benzene ring substituents is 1. The largest absolute Gasteiger partial charge is 0.491 e. The van der Waals surface area contributed by atoms with Crippen LogP contribution in [0.15, 0.2) is 18.2 Å². The molecule has 5 nitrogen and oxygen atoms in total. The molecule has 0 saturated heterocycles. The van der Waals surface area contributed by atoms with Crippen LogP contribution in [0.4, 0.5) is 24.5 Å². The van der Waals surface area contributed by atoms with Crippen molar-refractivity contribution in [2.24, 2.45) is 0 Å². The molecule has 0 aromatic heterocycles. The Kier molecular flexibility index (Phi) is 5.80. The molecule has 8 heteroatoms. The quantitative estimate of drug-likeness (QED) is 0.467. The van der Waals surface area contributed by atoms with Gasteiger partial charge < -0.3 is 10.1 Å². The fourth-order valence-corrected chi connectivity index (χ4v) is 1.65. The van der Waals surface area contributed by atoms with E-state index in [1.54, 1.807) is 13.8 Å². The molecule has 0 amide bonds. The summed E-state index contributed by atoms with van der Waals surface area (Å²) in [5.74, 6) is 0.303. The Morgan fingerprint density at radius 3 is 2.52 bits per heavy atom. The van der Waals surface area contributed by atoms with Crippen LogP contribution in [0.3, 0.4) is 0 Å². The lowest BCUT2D eigenvalue weighted by Gasteiger charge is -2.12. The minimum absolute atomic E-state index is 0.0712. The molecule has 0 fully saturated rings. The molecule has 1 aromatic carbocycles. The number of alkyl halides is 3. The molecule has 118 valence electrons. The number of nitro groups is 1. The molecule has 1 N–H and O–H groups in total. The third-order valence-corrected chi connectivity index (χ3v) is 2.44. The standard InChI is InChI=1S/C13H17F3N2O3/c1-9(2)21-12-7-10(6-11(8-12)18(19)20)17-5-3-4-13(14,15)16/h6-9,17H,3-5H2,1-2H3. The number of nitrogens with one attached hydrogen (secondary N) is 1. The third-order valence-electron chi connectivity index (χ3n) is 2.44. The Labute approximate surface area is 120 Å². The van der Waals surface area contributed by atoms with Gasteiger partial charge in [-0.25, -0.2) is 0 Å². The van der Waals surface area contributed by atoms with Gasteiger partial charge in [0.05, 0.1) is 17.1 Å². The Morgan fingerprint density at radius 2 is 2.00 bits per heavy atom. The van der Waals surface area contributed by atoms with Crippen LogP contribution in [0.5, 0.6) is 5.75 Å². The molecular weight excluding hydrogens is 289 g/mol. The maximum absolute atomic E-state index is 12.0. The number of benzene rings is 1. The van der Waals surface area contributed by atoms with Crippen LogP contribution >= 0.6 is 0 Å². The number of nitrogens with zero attached hydrogens (tertiary/aromatic N) is 1. The smallest absolute Gasteiger partial charge is 0.389 e. The van der Waals surface area contributed by atoms with Crippen LogP contribution in [-0.2, 0) is 0 Å². The van der Waals surface area contributed by atoms with Crippen molar-refractivity contribution in [3.05, 3.63) is 28.3 Å². The summed E-state index contributed by atoms with van der Waals surface area (Å²) in [6.07, 6.45) is -5.36. The molecule has 0 heterocycles. The van der Waals surface area contributed by atoms with Crippen molar-refractivity contribution in [2.75, 3.05) is 11.9 Å². The van der Waals surface area contributed by atoms with Gasteiger partial charge in [0, 0.05) is 30.8 Å². The van der Waals surface area contributed by atoms with Crippen LogP contribution in [0.1, 0.15) is 26.7 Å². The summed E-state index contributed by atoms with van der Waals surface area (Å²) in [5.41, 5.74) is 0.188. The van der Waals surface area contributed by atoms with Gasteiger partial charge >= 0.3 is 6.18 Å². The number of non-ortho nitro benzene ring substituents is 1. The SMILES string of the molecule is CC(C)Oc1cc(NCCCC(F)(F)F)cc([N+](=O)[O-])c1. The van der Waals surface area contributed by atoms with Gasteiger partial charge in [0.2, 0.25) is 0 Å². The number of halogens is 3. The number of anilines is 1. The molecule has 0 bridgehead atoms. The fraction of sp³-hybridized carbons (Fsp3) is 0.538. The molecule has 1 rings (SSSR count). The molecule has 0 aliphatic carbocycles. The normalized spacial score (nSPS) is 11.5. The average molecular weight is 306 g/mol. The summed E-state index contributed by atoms with van der Waals surface area (Å²) in [6.45, 7) is 3.62. The summed E-state index contributed by atoms with van der Waals surface area (Å²) in [5, 5.41) is 13.6. The van der Waals surface area contributed by atoms with Crippen molar-refractivity contribution in [1.29, 1.82) is 0 Å². The second-order valence-corrected chi connectivity index (χ2v) is 4.78. The van der Waals surface area contributed by atoms with E-state index in [9.17, 15) is 23.3 Å². The molecular formula is C13H17F3N2O3. The Hall–Kier alpha value is -1.99. The molecule has 0 aliphatic rings. The molecule has 0 spiro atoms. The van der Waals surface area contributed by atoms with Gasteiger partial charge in [-0.05, 0) is 20.3 Å². The Morgan fingerprint density at radius 1 is 1.33 bits per heavy atom. The van der Waals surface area contributed by atoms with Crippen molar-refractivity contribution in [2.45, 2.75) is 39.0 Å². The number of hydrogen-bond acceptors (Lipinski definition) is 4. The predicted octanol–water partition coefficient (Wildman–Crippen LogP) is 4.14. The first-order chi connectivity index (χ1) is 9.67. The van der Waals surface area contributed by atoms with Gasteiger partial charge in [0.1, 0.15) is 5.75 Å². The van der Waals surface area contributed by atoms with Crippen LogP contribution in [-0.4, -0.2) is 23.7 Å². The number of rotatable bonds is 7. The van der Waals surface area contributed by atoms with Crippen molar-refractivity contribution in [1.82, 2.24) is 0 Å². The maximum Gasteiger partial charge on any atom is 0.389 e. The zero-order valence-corrected chi connectivity index (χ0v) is 11.7. The average Bonchev–Trinajstić information content (AvgIpc) is 2.32. The molecule has 0 aliphatic heterocycles. The van der Waals surface area contributed by atoms with E-state index in [4.69, 9.17) is 4.74 Å². The van der Waals surface area contributed by atoms with Crippen molar-refractivity contribution >= 4 is 11.4 Å². The fourth-order valence-electron chi connectivity index (χ4n) is 1.65. The van der Waals surface area contributed by atoms with E-state index in [1.165, 1.54) is 18.2 Å². The lowest BCUT2D eigenvalue weighted by molar-refractivity contribution is -0.384. The lowest BCUT2D eigenvalue weighted by atomic mass is 10.2. The summed E-state index contributed by atoms with van der Waals surface area (Å²) < 4.78 is 41.4. The van der Waals surface area contributed by atoms with E-state index in [2.05, 4.69) is 5.32 Å². The van der Waals surface area contributed by atoms with Gasteiger partial charge in [0.25, 0.3) is 5.69 Å². The van der Waals surface area contributed by atoms with Gasteiger partial charge in [0.15, 0.2) is 0 Å². The molecule has 0 saturated carbocycles. The van der Waals surface area contributed by atoms with Gasteiger partial charge in [-0.3, -0.25) is 10.1 Å². The van der Waals surface area contributed by atoms with Gasteiger partial charge in [-0.1, -0.05) is 0 Å². The van der Waals surface area contributed by atoms with Crippen LogP contribution in [0.25, 0.3) is 0 Å². The van der Waals surface area contributed by atoms with E-state index in [-0.39, 0.29) is 24.8 Å². The number of ether oxygens (including phenoxy) is 1. The molecule has 0 unspecified atom stereocenters. The van der Waals surface area contributed by atoms with Crippen LogP contribution in [0.2, 0.25) is 0 Å². The van der Waals surface area contributed by atoms with E-state index < -0.39 is 17.5 Å². The highest BCUT2D eigenvalue weighted by molar-refractivity contribution is 5.56. The second kappa shape index (κ2) is 7.14. The van der Waals surface area contributed by atoms with E-state index in [0.717, 1.165) is 0 Å². The predicted molar refractivity (Wildman–Crippen MR) is 72.6 cm³/mol. The topological polar surface area (TPSA) is 64.4 Å². The summed E-state index contributed by atoms with van der Waals surface area (Å²) in [6, 6.07) is 4.07. The minimum Gasteiger partial charge on any atom is -0.491 e. The second-order valence-electron chi connectivity index (χ2n) is 4.78. The minimum atomic E-state index is -4.20. The first-order valence-corrected chi connectivity index (χ1v) is 6.44. The molecule has 0 atom stereocenters. The first-order valence-electron chi connectivity index (χ1n) is 6.44. The van der Waals surface area contributed by atoms with E-state index in [1.807, 2.05) is 0 Å². The number of hydrogen-bond donors (Lipinski definition) is 1. The Balaban J connectivity index is 2.71. The Bertz CT molecular complexity index is 490. The zero-order chi connectivity index (χ0) is 16.0. The van der Waals surface area contributed by atoms with E-state index in [0.29, 0.717) is 11.4 Å². The molecule has 21 heavy (non-hydrogen) atoms. The summed E-state index contributed by atoms with van der Waals surface area (Å²) in [4.78, 5) is 10.3. The van der Waals surface area contributed by atoms with Crippen molar-refractivity contribution < 1.29 is 22.8 Å². The molecule has 0 radical (unpaired) electrons. The first kappa shape index (κ1) is 17.1. The summed E-state index contributed by atoms with van der Waals surface area (Å²) in [7, 11) is 0. The van der Waals surface area contributed by atoms with Crippen molar-refractivity contribution in [3.8, 4) is 5.75 Å². The third kappa shape index (κ3) is 6.82. The maximum atomic E-state index is 12.0. The van der Waals surface area contributed by atoms with Gasteiger partial charge in [-0.15, -0.1) is 0 Å². The van der Waals surface area contributed by atoms with E-state index >= 15 is 0 Å². The highest BCUT2D eigenvalue weighted by Crippen LogP contribution is 2.27. The highest BCUT2D eigenvalue weighted by atomic mass is 19.4.